The minimum atomic E-state index is -5.08. The van der Waals surface area contributed by atoms with Crippen LogP contribution in [0.5, 0.6) is 0 Å². The molecule has 3 rings (SSSR count). The predicted molar refractivity (Wildman–Crippen MR) is 88.3 cm³/mol. The van der Waals surface area contributed by atoms with E-state index in [1.807, 2.05) is 36.4 Å². The number of para-hydroxylation sites is 1. The largest absolute Gasteiger partial charge is 0.490 e. The number of hydrogen-bond acceptors (Lipinski definition) is 4. The molecule has 0 spiro atoms. The van der Waals surface area contributed by atoms with Gasteiger partial charge in [-0.25, -0.2) is 9.79 Å². The molecule has 0 aromatic heterocycles. The second-order valence-corrected chi connectivity index (χ2v) is 5.16. The molecule has 0 amide bonds. The van der Waals surface area contributed by atoms with E-state index in [4.69, 9.17) is 15.6 Å². The van der Waals surface area contributed by atoms with E-state index >= 15 is 0 Å². The van der Waals surface area contributed by atoms with E-state index in [1.54, 1.807) is 0 Å². The summed E-state index contributed by atoms with van der Waals surface area (Å²) < 4.78 is 31.7. The summed E-state index contributed by atoms with van der Waals surface area (Å²) in [6, 6.07) is 20.5. The molecule has 3 N–H and O–H groups in total. The van der Waals surface area contributed by atoms with Crippen LogP contribution in [-0.2, 0) is 4.79 Å². The highest BCUT2D eigenvalue weighted by atomic mass is 19.4. The molecule has 0 aliphatic carbocycles. The van der Waals surface area contributed by atoms with Gasteiger partial charge in [-0.05, 0) is 17.7 Å². The van der Waals surface area contributed by atoms with Crippen molar-refractivity contribution >= 4 is 17.6 Å². The lowest BCUT2D eigenvalue weighted by Crippen LogP contribution is -2.33. The number of nitrogens with two attached hydrogens (primary N) is 1. The number of benzene rings is 2. The Morgan fingerprint density at radius 1 is 1.08 bits per heavy atom. The first-order valence-corrected chi connectivity index (χ1v) is 7.30. The van der Waals surface area contributed by atoms with Crippen molar-refractivity contribution in [2.75, 3.05) is 11.4 Å². The lowest BCUT2D eigenvalue weighted by molar-refractivity contribution is -0.192. The third-order valence-electron chi connectivity index (χ3n) is 3.41. The van der Waals surface area contributed by atoms with E-state index in [1.165, 1.54) is 5.56 Å². The van der Waals surface area contributed by atoms with Gasteiger partial charge in [0, 0.05) is 5.69 Å². The van der Waals surface area contributed by atoms with E-state index in [-0.39, 0.29) is 6.04 Å². The zero-order chi connectivity index (χ0) is 18.4. The molecule has 2 aromatic carbocycles. The van der Waals surface area contributed by atoms with Gasteiger partial charge in [0.1, 0.15) is 0 Å². The number of aliphatic imine (C=N–C) groups is 1. The van der Waals surface area contributed by atoms with Crippen LogP contribution in [0.3, 0.4) is 0 Å². The van der Waals surface area contributed by atoms with Crippen LogP contribution in [0.4, 0.5) is 18.9 Å². The first kappa shape index (κ1) is 18.3. The molecule has 1 atom stereocenters. The summed E-state index contributed by atoms with van der Waals surface area (Å²) in [5.41, 5.74) is 8.32. The Labute approximate surface area is 142 Å². The summed E-state index contributed by atoms with van der Waals surface area (Å²) in [4.78, 5) is 15.5. The Bertz CT molecular complexity index is 734. The number of hydrogen-bond donors (Lipinski definition) is 2. The number of carboxylic acid groups (broad SMARTS) is 1. The third kappa shape index (κ3) is 4.97. The number of anilines is 1. The van der Waals surface area contributed by atoms with Crippen molar-refractivity contribution < 1.29 is 23.1 Å². The van der Waals surface area contributed by atoms with Crippen LogP contribution in [0.2, 0.25) is 0 Å². The molecule has 25 heavy (non-hydrogen) atoms. The molecule has 1 aliphatic heterocycles. The monoisotopic (exact) mass is 351 g/mol. The van der Waals surface area contributed by atoms with Gasteiger partial charge in [-0.2, -0.15) is 13.2 Å². The van der Waals surface area contributed by atoms with E-state index in [0.717, 1.165) is 12.2 Å². The first-order chi connectivity index (χ1) is 11.8. The molecule has 0 radical (unpaired) electrons. The number of carboxylic acids is 1. The first-order valence-electron chi connectivity index (χ1n) is 7.30. The van der Waals surface area contributed by atoms with Crippen molar-refractivity contribution in [2.45, 2.75) is 12.2 Å². The van der Waals surface area contributed by atoms with Crippen molar-refractivity contribution in [3.05, 3.63) is 66.2 Å². The second-order valence-electron chi connectivity index (χ2n) is 5.16. The Balaban J connectivity index is 0.000000277. The number of nitrogens with zero attached hydrogens (tertiary/aromatic N) is 2. The van der Waals surface area contributed by atoms with Crippen LogP contribution in [0.15, 0.2) is 65.7 Å². The average Bonchev–Trinajstić information content (AvgIpc) is 2.98. The normalized spacial score (nSPS) is 16.7. The van der Waals surface area contributed by atoms with E-state index in [0.29, 0.717) is 5.96 Å². The Hall–Kier alpha value is -3.03. The van der Waals surface area contributed by atoms with Crippen molar-refractivity contribution in [3.63, 3.8) is 0 Å². The van der Waals surface area contributed by atoms with E-state index < -0.39 is 12.1 Å². The Morgan fingerprint density at radius 3 is 2.04 bits per heavy atom. The van der Waals surface area contributed by atoms with Crippen LogP contribution < -0.4 is 10.6 Å². The zero-order valence-electron chi connectivity index (χ0n) is 13.0. The van der Waals surface area contributed by atoms with Gasteiger partial charge in [0.05, 0.1) is 12.6 Å². The van der Waals surface area contributed by atoms with Gasteiger partial charge in [0.25, 0.3) is 0 Å². The number of guanidine groups is 1. The van der Waals surface area contributed by atoms with Crippen LogP contribution in [0.25, 0.3) is 0 Å². The minimum absolute atomic E-state index is 0.131. The van der Waals surface area contributed by atoms with Gasteiger partial charge >= 0.3 is 12.1 Å². The Kier molecular flexibility index (Phi) is 5.63. The molecular weight excluding hydrogens is 335 g/mol. The SMILES string of the molecule is NC1=N[C@H](c2ccccc2)CN1c1ccccc1.O=C(O)C(F)(F)F. The number of carbonyl (C=O) groups is 1. The fourth-order valence-corrected chi connectivity index (χ4v) is 2.24. The lowest BCUT2D eigenvalue weighted by Gasteiger charge is -2.18. The fraction of sp³-hybridized carbons (Fsp3) is 0.176. The van der Waals surface area contributed by atoms with Crippen molar-refractivity contribution in [3.8, 4) is 0 Å². The summed E-state index contributed by atoms with van der Waals surface area (Å²) in [5, 5.41) is 7.12. The number of alkyl halides is 3. The topological polar surface area (TPSA) is 78.9 Å². The predicted octanol–water partition coefficient (Wildman–Crippen LogP) is 3.20. The van der Waals surface area contributed by atoms with Gasteiger partial charge in [-0.1, -0.05) is 48.5 Å². The molecule has 0 fully saturated rings. The molecular formula is C17H16F3N3O2. The average molecular weight is 351 g/mol. The van der Waals surface area contributed by atoms with Crippen molar-refractivity contribution in [1.82, 2.24) is 0 Å². The molecule has 1 heterocycles. The number of halogens is 3. The highest BCUT2D eigenvalue weighted by Crippen LogP contribution is 2.27. The van der Waals surface area contributed by atoms with E-state index in [9.17, 15) is 13.2 Å². The summed E-state index contributed by atoms with van der Waals surface area (Å²) in [5.74, 6) is -2.16. The maximum absolute atomic E-state index is 10.6. The quantitative estimate of drug-likeness (QED) is 0.871. The van der Waals surface area contributed by atoms with Gasteiger partial charge in [0.2, 0.25) is 0 Å². The standard InChI is InChI=1S/C15H15N3.C2HF3O2/c16-15-17-14(12-7-3-1-4-8-12)11-18(15)13-9-5-2-6-10-13;3-2(4,5)1(6)7/h1-10,14H,11H2,(H2,16,17);(H,6,7)/t14-;/m0./s1. The van der Waals surface area contributed by atoms with Gasteiger partial charge < -0.3 is 15.7 Å². The maximum Gasteiger partial charge on any atom is 0.490 e. The molecule has 2 aromatic rings. The van der Waals surface area contributed by atoms with Crippen LogP contribution >= 0.6 is 0 Å². The summed E-state index contributed by atoms with van der Waals surface area (Å²) in [6.45, 7) is 0.805. The number of rotatable bonds is 2. The smallest absolute Gasteiger partial charge is 0.475 e. The van der Waals surface area contributed by atoms with Crippen LogP contribution in [0.1, 0.15) is 11.6 Å². The molecule has 1 aliphatic rings. The molecule has 0 bridgehead atoms. The molecule has 0 unspecified atom stereocenters. The molecule has 8 heteroatoms. The number of aliphatic carboxylic acids is 1. The molecule has 132 valence electrons. The highest BCUT2D eigenvalue weighted by Gasteiger charge is 2.38. The third-order valence-corrected chi connectivity index (χ3v) is 3.41. The highest BCUT2D eigenvalue weighted by molar-refractivity contribution is 5.96. The van der Waals surface area contributed by atoms with Gasteiger partial charge in [-0.3, -0.25) is 0 Å². The van der Waals surface area contributed by atoms with Crippen molar-refractivity contribution in [2.24, 2.45) is 10.7 Å². The summed E-state index contributed by atoms with van der Waals surface area (Å²) >= 11 is 0. The summed E-state index contributed by atoms with van der Waals surface area (Å²) in [6.07, 6.45) is -5.08. The molecule has 0 saturated carbocycles. The molecule has 0 saturated heterocycles. The van der Waals surface area contributed by atoms with Gasteiger partial charge in [0.15, 0.2) is 5.96 Å². The van der Waals surface area contributed by atoms with E-state index in [2.05, 4.69) is 34.2 Å². The van der Waals surface area contributed by atoms with Crippen LogP contribution in [-0.4, -0.2) is 29.8 Å². The minimum Gasteiger partial charge on any atom is -0.475 e. The molecule has 5 nitrogen and oxygen atoms in total. The van der Waals surface area contributed by atoms with Gasteiger partial charge in [-0.15, -0.1) is 0 Å². The summed E-state index contributed by atoms with van der Waals surface area (Å²) in [7, 11) is 0. The van der Waals surface area contributed by atoms with Crippen molar-refractivity contribution in [1.29, 1.82) is 0 Å². The lowest BCUT2D eigenvalue weighted by atomic mass is 10.1. The maximum atomic E-state index is 10.6. The Morgan fingerprint density at radius 2 is 1.56 bits per heavy atom. The fourth-order valence-electron chi connectivity index (χ4n) is 2.24. The second kappa shape index (κ2) is 7.69. The van der Waals surface area contributed by atoms with Crippen LogP contribution in [0, 0.1) is 0 Å². The zero-order valence-corrected chi connectivity index (χ0v) is 13.0.